The van der Waals surface area contributed by atoms with E-state index in [0.717, 1.165) is 24.4 Å². The SMILES string of the molecule is CC1CNC(C)(Cc2cccc(F)c2)SC1. The van der Waals surface area contributed by atoms with Crippen LogP contribution >= 0.6 is 11.8 Å². The first kappa shape index (κ1) is 11.9. The van der Waals surface area contributed by atoms with E-state index in [-0.39, 0.29) is 10.7 Å². The first-order valence-electron chi connectivity index (χ1n) is 5.71. The summed E-state index contributed by atoms with van der Waals surface area (Å²) in [6.45, 7) is 5.51. The second-order valence-electron chi connectivity index (χ2n) is 4.83. The van der Waals surface area contributed by atoms with E-state index in [1.807, 2.05) is 17.8 Å². The highest BCUT2D eigenvalue weighted by Gasteiger charge is 2.29. The van der Waals surface area contributed by atoms with E-state index >= 15 is 0 Å². The summed E-state index contributed by atoms with van der Waals surface area (Å²) in [5.74, 6) is 1.76. The Morgan fingerprint density at radius 3 is 3.00 bits per heavy atom. The van der Waals surface area contributed by atoms with Gasteiger partial charge in [-0.1, -0.05) is 19.1 Å². The van der Waals surface area contributed by atoms with Crippen molar-refractivity contribution in [2.24, 2.45) is 5.92 Å². The highest BCUT2D eigenvalue weighted by atomic mass is 32.2. The molecule has 3 heteroatoms. The van der Waals surface area contributed by atoms with Crippen LogP contribution in [0.25, 0.3) is 0 Å². The zero-order valence-electron chi connectivity index (χ0n) is 9.79. The summed E-state index contributed by atoms with van der Waals surface area (Å²) in [5, 5.41) is 3.55. The number of thioether (sulfide) groups is 1. The molecule has 1 aliphatic heterocycles. The van der Waals surface area contributed by atoms with E-state index in [1.54, 1.807) is 12.1 Å². The monoisotopic (exact) mass is 239 g/mol. The van der Waals surface area contributed by atoms with E-state index < -0.39 is 0 Å². The normalized spacial score (nSPS) is 30.3. The Kier molecular flexibility index (Phi) is 3.55. The summed E-state index contributed by atoms with van der Waals surface area (Å²) in [5.41, 5.74) is 1.07. The van der Waals surface area contributed by atoms with Gasteiger partial charge >= 0.3 is 0 Å². The summed E-state index contributed by atoms with van der Waals surface area (Å²) in [6, 6.07) is 6.90. The third kappa shape index (κ3) is 2.98. The number of nitrogens with one attached hydrogen (secondary N) is 1. The second kappa shape index (κ2) is 4.76. The summed E-state index contributed by atoms with van der Waals surface area (Å²) >= 11 is 1.94. The first-order chi connectivity index (χ1) is 7.57. The maximum atomic E-state index is 13.1. The molecule has 0 amide bonds. The van der Waals surface area contributed by atoms with Gasteiger partial charge in [-0.05, 0) is 49.3 Å². The van der Waals surface area contributed by atoms with Gasteiger partial charge in [-0.15, -0.1) is 11.8 Å². The van der Waals surface area contributed by atoms with Crippen molar-refractivity contribution < 1.29 is 4.39 Å². The van der Waals surface area contributed by atoms with Gasteiger partial charge in [0.05, 0.1) is 4.87 Å². The highest BCUT2D eigenvalue weighted by Crippen LogP contribution is 2.31. The first-order valence-corrected chi connectivity index (χ1v) is 6.69. The van der Waals surface area contributed by atoms with Crippen molar-refractivity contribution >= 4 is 11.8 Å². The Morgan fingerprint density at radius 1 is 1.56 bits per heavy atom. The molecule has 0 bridgehead atoms. The van der Waals surface area contributed by atoms with Crippen molar-refractivity contribution in [2.75, 3.05) is 12.3 Å². The van der Waals surface area contributed by atoms with Crippen LogP contribution in [0.4, 0.5) is 4.39 Å². The van der Waals surface area contributed by atoms with Crippen LogP contribution < -0.4 is 5.32 Å². The fourth-order valence-electron chi connectivity index (χ4n) is 1.98. The molecule has 1 saturated heterocycles. The van der Waals surface area contributed by atoms with Crippen LogP contribution in [0, 0.1) is 11.7 Å². The molecular formula is C13H18FNS. The van der Waals surface area contributed by atoms with Crippen molar-refractivity contribution in [3.8, 4) is 0 Å². The molecule has 1 heterocycles. The van der Waals surface area contributed by atoms with Crippen LogP contribution in [0.5, 0.6) is 0 Å². The zero-order valence-corrected chi connectivity index (χ0v) is 10.6. The maximum Gasteiger partial charge on any atom is 0.123 e. The minimum Gasteiger partial charge on any atom is -0.302 e. The van der Waals surface area contributed by atoms with Crippen LogP contribution in [0.1, 0.15) is 19.4 Å². The Balaban J connectivity index is 2.03. The van der Waals surface area contributed by atoms with Gasteiger partial charge in [0.15, 0.2) is 0 Å². The van der Waals surface area contributed by atoms with Crippen LogP contribution in [0.3, 0.4) is 0 Å². The van der Waals surface area contributed by atoms with E-state index in [9.17, 15) is 4.39 Å². The van der Waals surface area contributed by atoms with Crippen molar-refractivity contribution in [1.82, 2.24) is 5.32 Å². The largest absolute Gasteiger partial charge is 0.302 e. The number of benzene rings is 1. The van der Waals surface area contributed by atoms with Crippen molar-refractivity contribution in [3.05, 3.63) is 35.6 Å². The van der Waals surface area contributed by atoms with E-state index in [4.69, 9.17) is 0 Å². The van der Waals surface area contributed by atoms with Gasteiger partial charge in [0.2, 0.25) is 0 Å². The zero-order chi connectivity index (χ0) is 11.6. The molecule has 0 aromatic heterocycles. The van der Waals surface area contributed by atoms with Gasteiger partial charge in [-0.2, -0.15) is 0 Å². The van der Waals surface area contributed by atoms with Gasteiger partial charge in [0.25, 0.3) is 0 Å². The smallest absolute Gasteiger partial charge is 0.123 e. The van der Waals surface area contributed by atoms with Crippen LogP contribution in [-0.4, -0.2) is 17.2 Å². The molecule has 16 heavy (non-hydrogen) atoms. The summed E-state index contributed by atoms with van der Waals surface area (Å²) in [6.07, 6.45) is 0.877. The van der Waals surface area contributed by atoms with E-state index in [1.165, 1.54) is 11.8 Å². The minimum atomic E-state index is -0.143. The molecule has 1 N–H and O–H groups in total. The van der Waals surface area contributed by atoms with Gasteiger partial charge in [-0.3, -0.25) is 0 Å². The van der Waals surface area contributed by atoms with Gasteiger partial charge < -0.3 is 5.32 Å². The van der Waals surface area contributed by atoms with E-state index in [0.29, 0.717) is 0 Å². The minimum absolute atomic E-state index is 0.0559. The Hall–Kier alpha value is -0.540. The average molecular weight is 239 g/mol. The van der Waals surface area contributed by atoms with Gasteiger partial charge in [-0.25, -0.2) is 4.39 Å². The fraction of sp³-hybridized carbons (Fsp3) is 0.538. The Labute approximate surface area is 101 Å². The highest BCUT2D eigenvalue weighted by molar-refractivity contribution is 8.00. The molecule has 0 radical (unpaired) electrons. The Bertz CT molecular complexity index is 359. The van der Waals surface area contributed by atoms with Crippen LogP contribution in [0.15, 0.2) is 24.3 Å². The Morgan fingerprint density at radius 2 is 2.38 bits per heavy atom. The molecule has 2 rings (SSSR count). The number of halogens is 1. The number of hydrogen-bond acceptors (Lipinski definition) is 2. The maximum absolute atomic E-state index is 13.1. The predicted octanol–water partition coefficient (Wildman–Crippen LogP) is 3.06. The number of rotatable bonds is 2. The van der Waals surface area contributed by atoms with Crippen molar-refractivity contribution in [3.63, 3.8) is 0 Å². The quantitative estimate of drug-likeness (QED) is 0.851. The number of hydrogen-bond donors (Lipinski definition) is 1. The van der Waals surface area contributed by atoms with Crippen molar-refractivity contribution in [1.29, 1.82) is 0 Å². The van der Waals surface area contributed by atoms with Gasteiger partial charge in [0, 0.05) is 0 Å². The summed E-state index contributed by atoms with van der Waals surface area (Å²) in [4.78, 5) is 0.0559. The molecule has 88 valence electrons. The molecule has 1 aromatic carbocycles. The lowest BCUT2D eigenvalue weighted by Gasteiger charge is -2.37. The lowest BCUT2D eigenvalue weighted by atomic mass is 10.1. The summed E-state index contributed by atoms with van der Waals surface area (Å²) in [7, 11) is 0. The molecule has 0 saturated carbocycles. The van der Waals surface area contributed by atoms with Crippen LogP contribution in [0.2, 0.25) is 0 Å². The standard InChI is InChI=1S/C13H18FNS/c1-10-8-15-13(2,16-9-10)7-11-4-3-5-12(14)6-11/h3-6,10,15H,7-9H2,1-2H3. The molecule has 0 aliphatic carbocycles. The van der Waals surface area contributed by atoms with Crippen molar-refractivity contribution in [2.45, 2.75) is 25.1 Å². The third-order valence-electron chi connectivity index (χ3n) is 2.94. The summed E-state index contributed by atoms with van der Waals surface area (Å²) < 4.78 is 13.1. The lowest BCUT2D eigenvalue weighted by molar-refractivity contribution is 0.430. The fourth-order valence-corrected chi connectivity index (χ4v) is 3.20. The predicted molar refractivity (Wildman–Crippen MR) is 68.1 cm³/mol. The average Bonchev–Trinajstić information content (AvgIpc) is 2.23. The van der Waals surface area contributed by atoms with Crippen LogP contribution in [-0.2, 0) is 6.42 Å². The van der Waals surface area contributed by atoms with E-state index in [2.05, 4.69) is 19.2 Å². The molecule has 2 unspecified atom stereocenters. The third-order valence-corrected chi connectivity index (χ3v) is 4.60. The second-order valence-corrected chi connectivity index (χ2v) is 6.36. The lowest BCUT2D eigenvalue weighted by Crippen LogP contribution is -2.48. The topological polar surface area (TPSA) is 12.0 Å². The molecular weight excluding hydrogens is 221 g/mol. The molecule has 1 nitrogen and oxygen atoms in total. The van der Waals surface area contributed by atoms with Gasteiger partial charge in [0.1, 0.15) is 5.82 Å². The molecule has 2 atom stereocenters. The molecule has 1 aliphatic rings. The molecule has 1 fully saturated rings. The molecule has 1 aromatic rings. The molecule has 0 spiro atoms.